The van der Waals surface area contributed by atoms with Gasteiger partial charge in [0, 0.05) is 18.0 Å². The van der Waals surface area contributed by atoms with Gasteiger partial charge in [0.05, 0.1) is 18.6 Å². The van der Waals surface area contributed by atoms with E-state index in [4.69, 9.17) is 6.57 Å². The van der Waals surface area contributed by atoms with Gasteiger partial charge in [-0.05, 0) is 61.2 Å². The average molecular weight is 441 g/mol. The summed E-state index contributed by atoms with van der Waals surface area (Å²) < 4.78 is 16.6. The predicted octanol–water partition coefficient (Wildman–Crippen LogP) is 6.18. The summed E-state index contributed by atoms with van der Waals surface area (Å²) in [5, 5.41) is 11.5. The summed E-state index contributed by atoms with van der Waals surface area (Å²) in [6, 6.07) is 18.1. The van der Waals surface area contributed by atoms with Gasteiger partial charge < -0.3 is 9.67 Å². The van der Waals surface area contributed by atoms with Crippen LogP contribution in [0.1, 0.15) is 23.6 Å². The van der Waals surface area contributed by atoms with Crippen molar-refractivity contribution in [2.24, 2.45) is 0 Å². The van der Waals surface area contributed by atoms with E-state index in [1.165, 1.54) is 13.0 Å². The van der Waals surface area contributed by atoms with Crippen LogP contribution in [-0.4, -0.2) is 21.1 Å². The lowest BCUT2D eigenvalue weighted by Gasteiger charge is -2.23. The van der Waals surface area contributed by atoms with E-state index >= 15 is 0 Å². The molecule has 33 heavy (non-hydrogen) atoms. The molecule has 3 aromatic carbocycles. The first-order valence-corrected chi connectivity index (χ1v) is 10.8. The Morgan fingerprint density at radius 1 is 1.06 bits per heavy atom. The first-order chi connectivity index (χ1) is 15.7. The van der Waals surface area contributed by atoms with Gasteiger partial charge in [-0.1, -0.05) is 48.0 Å². The molecule has 0 saturated heterocycles. The first kappa shape index (κ1) is 22.4. The quantitative estimate of drug-likeness (QED) is 0.364. The fourth-order valence-corrected chi connectivity index (χ4v) is 4.05. The highest BCUT2D eigenvalue weighted by atomic mass is 19.1. The standard InChI is InChI=1S/C28H25FN2O2/c1-18-5-8-21(9-6-18)22-15-24(29)23-11-12-31(26(23)16-22)17-28(3,33)27(32)14-20-7-10-25(30-4)19(2)13-20/h5-13,15-16,33H,14,17H2,1-3H3/t28-/m0/s1. The number of aliphatic hydroxyl groups is 1. The zero-order valence-corrected chi connectivity index (χ0v) is 18.9. The van der Waals surface area contributed by atoms with Gasteiger partial charge in [-0.25, -0.2) is 9.24 Å². The third-order valence-corrected chi connectivity index (χ3v) is 6.05. The highest BCUT2D eigenvalue weighted by molar-refractivity contribution is 5.90. The van der Waals surface area contributed by atoms with E-state index in [2.05, 4.69) is 4.85 Å². The van der Waals surface area contributed by atoms with Gasteiger partial charge in [0.25, 0.3) is 0 Å². The molecule has 0 aliphatic carbocycles. The number of halogens is 1. The molecule has 0 saturated carbocycles. The number of carbonyl (C=O) groups is 1. The molecule has 4 aromatic rings. The van der Waals surface area contributed by atoms with Crippen molar-refractivity contribution in [3.8, 4) is 11.1 Å². The molecule has 5 heteroatoms. The van der Waals surface area contributed by atoms with E-state index in [9.17, 15) is 14.3 Å². The molecule has 4 rings (SSSR count). The minimum atomic E-state index is -1.64. The van der Waals surface area contributed by atoms with Crippen LogP contribution in [0, 0.1) is 26.2 Å². The van der Waals surface area contributed by atoms with Crippen molar-refractivity contribution >= 4 is 22.4 Å². The molecular weight excluding hydrogens is 415 g/mol. The van der Waals surface area contributed by atoms with Crippen LogP contribution in [0.15, 0.2) is 66.9 Å². The van der Waals surface area contributed by atoms with E-state index in [-0.39, 0.29) is 24.6 Å². The van der Waals surface area contributed by atoms with Crippen LogP contribution in [0.4, 0.5) is 10.1 Å². The van der Waals surface area contributed by atoms with Crippen LogP contribution in [-0.2, 0) is 17.8 Å². The van der Waals surface area contributed by atoms with Crippen LogP contribution in [0.2, 0.25) is 0 Å². The molecule has 166 valence electrons. The van der Waals surface area contributed by atoms with Crippen molar-refractivity contribution in [1.29, 1.82) is 0 Å². The van der Waals surface area contributed by atoms with Gasteiger partial charge in [-0.15, -0.1) is 0 Å². The molecule has 1 atom stereocenters. The minimum Gasteiger partial charge on any atom is -0.380 e. The molecule has 0 aliphatic heterocycles. The number of hydrogen-bond donors (Lipinski definition) is 1. The van der Waals surface area contributed by atoms with Crippen LogP contribution in [0.25, 0.3) is 26.9 Å². The monoisotopic (exact) mass is 440 g/mol. The first-order valence-electron chi connectivity index (χ1n) is 10.8. The fourth-order valence-electron chi connectivity index (χ4n) is 4.05. The van der Waals surface area contributed by atoms with E-state index < -0.39 is 5.60 Å². The Hall–Kier alpha value is -3.75. The number of nitrogens with zero attached hydrogens (tertiary/aromatic N) is 2. The maximum absolute atomic E-state index is 14.8. The Labute approximate surface area is 192 Å². The molecule has 1 N–H and O–H groups in total. The third-order valence-electron chi connectivity index (χ3n) is 6.05. The number of Topliss-reactive ketones (excluding diaryl/α,β-unsaturated/α-hetero) is 1. The zero-order valence-electron chi connectivity index (χ0n) is 18.9. The Balaban J connectivity index is 1.62. The Kier molecular flexibility index (Phi) is 5.88. The molecule has 0 bridgehead atoms. The summed E-state index contributed by atoms with van der Waals surface area (Å²) in [4.78, 5) is 16.4. The van der Waals surface area contributed by atoms with Crippen LogP contribution in [0.5, 0.6) is 0 Å². The average Bonchev–Trinajstić information content (AvgIpc) is 3.17. The summed E-state index contributed by atoms with van der Waals surface area (Å²) in [5.74, 6) is -0.683. The molecule has 1 aromatic heterocycles. The van der Waals surface area contributed by atoms with Crippen LogP contribution >= 0.6 is 0 Å². The highest BCUT2D eigenvalue weighted by Gasteiger charge is 2.31. The summed E-state index contributed by atoms with van der Waals surface area (Å²) in [7, 11) is 0. The number of rotatable bonds is 6. The Morgan fingerprint density at radius 3 is 2.45 bits per heavy atom. The number of aromatic nitrogens is 1. The minimum absolute atomic E-state index is 0.00520. The van der Waals surface area contributed by atoms with Gasteiger partial charge >= 0.3 is 0 Å². The highest BCUT2D eigenvalue weighted by Crippen LogP contribution is 2.29. The molecule has 0 radical (unpaired) electrons. The number of carbonyl (C=O) groups excluding carboxylic acids is 1. The SMILES string of the molecule is [C-]#[N+]c1ccc(CC(=O)[C@@](C)(O)Cn2ccc3c(F)cc(-c4ccc(C)cc4)cc32)cc1C. The number of ketones is 1. The second-order valence-corrected chi connectivity index (χ2v) is 8.81. The second kappa shape index (κ2) is 8.65. The molecule has 1 heterocycles. The number of benzene rings is 3. The van der Waals surface area contributed by atoms with Crippen molar-refractivity contribution in [3.63, 3.8) is 0 Å². The molecule has 4 nitrogen and oxygen atoms in total. The molecular formula is C28H25FN2O2. The number of aryl methyl sites for hydroxylation is 2. The van der Waals surface area contributed by atoms with Crippen molar-refractivity contribution < 1.29 is 14.3 Å². The number of hydrogen-bond acceptors (Lipinski definition) is 2. The van der Waals surface area contributed by atoms with Crippen LogP contribution < -0.4 is 0 Å². The lowest BCUT2D eigenvalue weighted by molar-refractivity contribution is -0.136. The maximum atomic E-state index is 14.8. The van der Waals surface area contributed by atoms with Crippen molar-refractivity contribution in [3.05, 3.63) is 101 Å². The van der Waals surface area contributed by atoms with Crippen molar-refractivity contribution in [2.75, 3.05) is 0 Å². The summed E-state index contributed by atoms with van der Waals surface area (Å²) in [5.41, 5.74) is 3.82. The summed E-state index contributed by atoms with van der Waals surface area (Å²) in [6.07, 6.45) is 1.75. The molecule has 0 amide bonds. The smallest absolute Gasteiger partial charge is 0.190 e. The molecule has 0 unspecified atom stereocenters. The lowest BCUT2D eigenvalue weighted by Crippen LogP contribution is -2.40. The predicted molar refractivity (Wildman–Crippen MR) is 129 cm³/mol. The molecule has 0 spiro atoms. The van der Waals surface area contributed by atoms with Crippen molar-refractivity contribution in [2.45, 2.75) is 39.3 Å². The van der Waals surface area contributed by atoms with Gasteiger partial charge in [0.2, 0.25) is 0 Å². The maximum Gasteiger partial charge on any atom is 0.190 e. The van der Waals surface area contributed by atoms with Gasteiger partial charge in [0.15, 0.2) is 11.5 Å². The van der Waals surface area contributed by atoms with Crippen molar-refractivity contribution in [1.82, 2.24) is 4.57 Å². The zero-order chi connectivity index (χ0) is 23.8. The lowest BCUT2D eigenvalue weighted by atomic mass is 9.94. The number of fused-ring (bicyclic) bond motifs is 1. The normalized spacial score (nSPS) is 13.0. The molecule has 0 aliphatic rings. The topological polar surface area (TPSA) is 46.6 Å². The fraction of sp³-hybridized carbons (Fsp3) is 0.214. The largest absolute Gasteiger partial charge is 0.380 e. The van der Waals surface area contributed by atoms with Gasteiger partial charge in [-0.3, -0.25) is 4.79 Å². The summed E-state index contributed by atoms with van der Waals surface area (Å²) >= 11 is 0. The van der Waals surface area contributed by atoms with Crippen LogP contribution in [0.3, 0.4) is 0 Å². The van der Waals surface area contributed by atoms with E-state index in [0.29, 0.717) is 16.6 Å². The Morgan fingerprint density at radius 2 is 1.79 bits per heavy atom. The second-order valence-electron chi connectivity index (χ2n) is 8.81. The van der Waals surface area contributed by atoms with E-state index in [0.717, 1.165) is 27.8 Å². The third kappa shape index (κ3) is 4.57. The van der Waals surface area contributed by atoms with Gasteiger partial charge in [0.1, 0.15) is 11.4 Å². The summed E-state index contributed by atoms with van der Waals surface area (Å²) in [6.45, 7) is 12.5. The molecule has 0 fully saturated rings. The van der Waals surface area contributed by atoms with E-state index in [1.54, 1.807) is 35.0 Å². The Bertz CT molecular complexity index is 1390. The van der Waals surface area contributed by atoms with Gasteiger partial charge in [-0.2, -0.15) is 0 Å². The van der Waals surface area contributed by atoms with E-state index in [1.807, 2.05) is 44.2 Å².